The molecule has 6 nitrogen and oxygen atoms in total. The van der Waals surface area contributed by atoms with Crippen molar-refractivity contribution in [2.75, 3.05) is 11.9 Å². The molecule has 0 saturated heterocycles. The van der Waals surface area contributed by atoms with Crippen LogP contribution in [-0.4, -0.2) is 22.9 Å². The number of anilines is 1. The van der Waals surface area contributed by atoms with Crippen molar-refractivity contribution in [3.05, 3.63) is 99.7 Å². The monoisotopic (exact) mass is 359 g/mol. The molecule has 2 aromatic carbocycles. The Bertz CT molecular complexity index is 1020. The quantitative estimate of drug-likeness (QED) is 0.523. The molecule has 2 unspecified atom stereocenters. The number of nitro benzene ring substituents is 1. The average Bonchev–Trinajstić information content (AvgIpc) is 2.95. The number of hydrogen-bond donors (Lipinski definition) is 0. The Kier molecular flexibility index (Phi) is 4.16. The minimum absolute atomic E-state index is 0.0126. The molecule has 0 radical (unpaired) electrons. The highest BCUT2D eigenvalue weighted by molar-refractivity contribution is 6.04. The molecule has 0 aliphatic carbocycles. The van der Waals surface area contributed by atoms with Crippen LogP contribution in [0, 0.1) is 10.1 Å². The van der Waals surface area contributed by atoms with Crippen LogP contribution in [0.2, 0.25) is 0 Å². The lowest BCUT2D eigenvalue weighted by Gasteiger charge is -2.24. The van der Waals surface area contributed by atoms with Crippen molar-refractivity contribution in [3.8, 4) is 0 Å². The third-order valence-corrected chi connectivity index (χ3v) is 5.00. The zero-order valence-electron chi connectivity index (χ0n) is 14.6. The summed E-state index contributed by atoms with van der Waals surface area (Å²) in [7, 11) is 1.71. The maximum atomic E-state index is 13.1. The van der Waals surface area contributed by atoms with Crippen molar-refractivity contribution in [1.82, 2.24) is 4.98 Å². The summed E-state index contributed by atoms with van der Waals surface area (Å²) in [5.41, 5.74) is 2.52. The molecule has 0 N–H and O–H groups in total. The minimum atomic E-state index is -0.483. The van der Waals surface area contributed by atoms with Crippen molar-refractivity contribution in [2.24, 2.45) is 0 Å². The van der Waals surface area contributed by atoms with Gasteiger partial charge in [0.05, 0.1) is 10.8 Å². The summed E-state index contributed by atoms with van der Waals surface area (Å²) in [5, 5.41) is 11.3. The Labute approximate surface area is 156 Å². The summed E-state index contributed by atoms with van der Waals surface area (Å²) in [5.74, 6) is -0.252. The SMILES string of the molecule is CN1C(=O)C(C(c2ccccc2)c2cccc([N+](=O)[O-])c2)c2cccnc21. The molecular weight excluding hydrogens is 342 g/mol. The second-order valence-electron chi connectivity index (χ2n) is 6.53. The standard InChI is InChI=1S/C21H17N3O3/c1-23-20-17(11-6-12-22-20)19(21(23)25)18(14-7-3-2-4-8-14)15-9-5-10-16(13-15)24(26)27/h2-13,18-19H,1H3. The first-order chi connectivity index (χ1) is 13.1. The molecule has 3 aromatic rings. The fourth-order valence-corrected chi connectivity index (χ4v) is 3.77. The fourth-order valence-electron chi connectivity index (χ4n) is 3.77. The number of rotatable bonds is 4. The van der Waals surface area contributed by atoms with Gasteiger partial charge in [-0.25, -0.2) is 4.98 Å². The highest BCUT2D eigenvalue weighted by atomic mass is 16.6. The maximum absolute atomic E-state index is 13.1. The normalized spacial score (nSPS) is 16.9. The first-order valence-electron chi connectivity index (χ1n) is 8.59. The lowest BCUT2D eigenvalue weighted by Crippen LogP contribution is -2.28. The highest BCUT2D eigenvalue weighted by Gasteiger charge is 2.42. The van der Waals surface area contributed by atoms with E-state index in [9.17, 15) is 14.9 Å². The van der Waals surface area contributed by atoms with E-state index in [1.807, 2.05) is 48.5 Å². The topological polar surface area (TPSA) is 76.3 Å². The van der Waals surface area contributed by atoms with Gasteiger partial charge >= 0.3 is 0 Å². The molecule has 4 rings (SSSR count). The molecule has 0 bridgehead atoms. The Morgan fingerprint density at radius 2 is 1.78 bits per heavy atom. The van der Waals surface area contributed by atoms with Crippen LogP contribution in [0.15, 0.2) is 72.9 Å². The van der Waals surface area contributed by atoms with Crippen LogP contribution in [0.25, 0.3) is 0 Å². The number of carbonyl (C=O) groups excluding carboxylic acids is 1. The Morgan fingerprint density at radius 1 is 1.04 bits per heavy atom. The summed E-state index contributed by atoms with van der Waals surface area (Å²) in [4.78, 5) is 29.9. The Hall–Kier alpha value is -3.54. The van der Waals surface area contributed by atoms with Gasteiger partial charge in [0, 0.05) is 36.9 Å². The summed E-state index contributed by atoms with van der Waals surface area (Å²) >= 11 is 0. The number of hydrogen-bond acceptors (Lipinski definition) is 4. The van der Waals surface area contributed by atoms with E-state index < -0.39 is 10.8 Å². The number of nitro groups is 1. The van der Waals surface area contributed by atoms with Gasteiger partial charge in [0.15, 0.2) is 0 Å². The van der Waals surface area contributed by atoms with Crippen LogP contribution < -0.4 is 4.90 Å². The van der Waals surface area contributed by atoms with Gasteiger partial charge in [-0.1, -0.05) is 48.5 Å². The van der Waals surface area contributed by atoms with E-state index in [-0.39, 0.29) is 17.5 Å². The van der Waals surface area contributed by atoms with Crippen molar-refractivity contribution in [2.45, 2.75) is 11.8 Å². The summed E-state index contributed by atoms with van der Waals surface area (Å²) < 4.78 is 0. The van der Waals surface area contributed by atoms with Crippen LogP contribution in [-0.2, 0) is 4.79 Å². The lowest BCUT2D eigenvalue weighted by atomic mass is 9.78. The molecule has 1 aromatic heterocycles. The van der Waals surface area contributed by atoms with Gasteiger partial charge in [-0.15, -0.1) is 0 Å². The van der Waals surface area contributed by atoms with E-state index in [0.29, 0.717) is 5.82 Å². The zero-order valence-corrected chi connectivity index (χ0v) is 14.6. The van der Waals surface area contributed by atoms with Gasteiger partial charge in [0.2, 0.25) is 5.91 Å². The van der Waals surface area contributed by atoms with E-state index in [1.165, 1.54) is 6.07 Å². The number of pyridine rings is 1. The predicted molar refractivity (Wildman–Crippen MR) is 102 cm³/mol. The third-order valence-electron chi connectivity index (χ3n) is 5.00. The molecule has 1 aliphatic rings. The smallest absolute Gasteiger partial charge is 0.269 e. The van der Waals surface area contributed by atoms with Gasteiger partial charge in [0.1, 0.15) is 5.82 Å². The largest absolute Gasteiger partial charge is 0.299 e. The predicted octanol–water partition coefficient (Wildman–Crippen LogP) is 3.88. The van der Waals surface area contributed by atoms with Crippen molar-refractivity contribution >= 4 is 17.4 Å². The van der Waals surface area contributed by atoms with Crippen LogP contribution in [0.4, 0.5) is 11.5 Å². The molecule has 1 amide bonds. The van der Waals surface area contributed by atoms with Crippen molar-refractivity contribution < 1.29 is 9.72 Å². The second-order valence-corrected chi connectivity index (χ2v) is 6.53. The number of aromatic nitrogens is 1. The van der Waals surface area contributed by atoms with E-state index in [1.54, 1.807) is 30.3 Å². The number of fused-ring (bicyclic) bond motifs is 1. The van der Waals surface area contributed by atoms with E-state index in [2.05, 4.69) is 4.98 Å². The summed E-state index contributed by atoms with van der Waals surface area (Å²) in [6, 6.07) is 19.9. The number of amides is 1. The number of likely N-dealkylation sites (N-methyl/N-ethyl adjacent to an activating group) is 1. The van der Waals surface area contributed by atoms with Gasteiger partial charge in [-0.05, 0) is 17.2 Å². The maximum Gasteiger partial charge on any atom is 0.269 e. The van der Waals surface area contributed by atoms with Gasteiger partial charge in [0.25, 0.3) is 5.69 Å². The van der Waals surface area contributed by atoms with Crippen LogP contribution in [0.5, 0.6) is 0 Å². The lowest BCUT2D eigenvalue weighted by molar-refractivity contribution is -0.384. The molecule has 0 spiro atoms. The number of carbonyl (C=O) groups is 1. The van der Waals surface area contributed by atoms with Gasteiger partial charge in [-0.2, -0.15) is 0 Å². The van der Waals surface area contributed by atoms with Crippen LogP contribution in [0.3, 0.4) is 0 Å². The highest BCUT2D eigenvalue weighted by Crippen LogP contribution is 2.46. The first kappa shape index (κ1) is 16.9. The molecule has 27 heavy (non-hydrogen) atoms. The Balaban J connectivity index is 1.92. The number of nitrogens with zero attached hydrogens (tertiary/aromatic N) is 3. The molecular formula is C21H17N3O3. The van der Waals surface area contributed by atoms with Gasteiger partial charge < -0.3 is 0 Å². The third kappa shape index (κ3) is 2.85. The summed E-state index contributed by atoms with van der Waals surface area (Å²) in [6.45, 7) is 0. The minimum Gasteiger partial charge on any atom is -0.299 e. The van der Waals surface area contributed by atoms with Crippen LogP contribution in [0.1, 0.15) is 28.5 Å². The fraction of sp³-hybridized carbons (Fsp3) is 0.143. The van der Waals surface area contributed by atoms with E-state index in [0.717, 1.165) is 16.7 Å². The molecule has 6 heteroatoms. The van der Waals surface area contributed by atoms with Gasteiger partial charge in [-0.3, -0.25) is 19.8 Å². The molecule has 2 heterocycles. The molecule has 2 atom stereocenters. The summed E-state index contributed by atoms with van der Waals surface area (Å²) in [6.07, 6.45) is 1.66. The molecule has 0 saturated carbocycles. The molecule has 0 fully saturated rings. The van der Waals surface area contributed by atoms with E-state index >= 15 is 0 Å². The number of non-ortho nitro benzene ring substituents is 1. The average molecular weight is 359 g/mol. The second kappa shape index (κ2) is 6.64. The molecule has 1 aliphatic heterocycles. The van der Waals surface area contributed by atoms with E-state index in [4.69, 9.17) is 0 Å². The van der Waals surface area contributed by atoms with Crippen molar-refractivity contribution in [3.63, 3.8) is 0 Å². The first-order valence-corrected chi connectivity index (χ1v) is 8.59. The van der Waals surface area contributed by atoms with Crippen molar-refractivity contribution in [1.29, 1.82) is 0 Å². The Morgan fingerprint density at radius 3 is 2.52 bits per heavy atom. The zero-order chi connectivity index (χ0) is 19.0. The number of benzene rings is 2. The molecule has 134 valence electrons. The van der Waals surface area contributed by atoms with Crippen LogP contribution >= 0.6 is 0 Å².